The zero-order valence-electron chi connectivity index (χ0n) is 13.6. The van der Waals surface area contributed by atoms with Gasteiger partial charge in [0, 0.05) is 6.20 Å². The third-order valence-corrected chi connectivity index (χ3v) is 3.74. The molecule has 2 rings (SSSR count). The first-order chi connectivity index (χ1) is 11.1. The van der Waals surface area contributed by atoms with Crippen LogP contribution >= 0.6 is 0 Å². The SMILES string of the molecule is Cc1nccc(CNC(=O)C(C)(C)c2cccc(C(F)(F)F)c2)n1. The van der Waals surface area contributed by atoms with Gasteiger partial charge in [0.15, 0.2) is 0 Å². The second-order valence-corrected chi connectivity index (χ2v) is 5.98. The van der Waals surface area contributed by atoms with Crippen LogP contribution in [0.25, 0.3) is 0 Å². The quantitative estimate of drug-likeness (QED) is 0.930. The summed E-state index contributed by atoms with van der Waals surface area (Å²) in [6.45, 7) is 5.09. The molecule has 0 saturated carbocycles. The van der Waals surface area contributed by atoms with Crippen molar-refractivity contribution >= 4 is 5.91 Å². The smallest absolute Gasteiger partial charge is 0.350 e. The molecule has 1 N–H and O–H groups in total. The first-order valence-electron chi connectivity index (χ1n) is 7.35. The highest BCUT2D eigenvalue weighted by molar-refractivity contribution is 5.87. The van der Waals surface area contributed by atoms with E-state index in [1.807, 2.05) is 0 Å². The molecule has 0 aliphatic rings. The summed E-state index contributed by atoms with van der Waals surface area (Å²) in [7, 11) is 0. The lowest BCUT2D eigenvalue weighted by molar-refractivity contribution is -0.138. The van der Waals surface area contributed by atoms with Crippen molar-refractivity contribution in [3.8, 4) is 0 Å². The molecule has 0 bridgehead atoms. The minimum Gasteiger partial charge on any atom is -0.350 e. The van der Waals surface area contributed by atoms with Crippen molar-refractivity contribution in [2.75, 3.05) is 0 Å². The Balaban J connectivity index is 2.15. The lowest BCUT2D eigenvalue weighted by atomic mass is 9.83. The molecule has 2 aromatic rings. The molecule has 128 valence electrons. The lowest BCUT2D eigenvalue weighted by Crippen LogP contribution is -2.40. The van der Waals surface area contributed by atoms with Crippen LogP contribution in [-0.4, -0.2) is 15.9 Å². The van der Waals surface area contributed by atoms with Gasteiger partial charge in [-0.25, -0.2) is 9.97 Å². The predicted molar refractivity (Wildman–Crippen MR) is 83.1 cm³/mol. The van der Waals surface area contributed by atoms with Crippen LogP contribution in [0.2, 0.25) is 0 Å². The maximum atomic E-state index is 12.8. The van der Waals surface area contributed by atoms with E-state index in [1.54, 1.807) is 33.0 Å². The average Bonchev–Trinajstić information content (AvgIpc) is 2.52. The Labute approximate surface area is 138 Å². The number of amides is 1. The zero-order chi connectivity index (χ0) is 18.0. The summed E-state index contributed by atoms with van der Waals surface area (Å²) < 4.78 is 38.5. The van der Waals surface area contributed by atoms with Crippen molar-refractivity contribution in [1.29, 1.82) is 0 Å². The van der Waals surface area contributed by atoms with E-state index in [9.17, 15) is 18.0 Å². The topological polar surface area (TPSA) is 54.9 Å². The van der Waals surface area contributed by atoms with E-state index in [2.05, 4.69) is 15.3 Å². The van der Waals surface area contributed by atoms with Crippen LogP contribution in [0.1, 0.15) is 36.5 Å². The molecule has 1 heterocycles. The van der Waals surface area contributed by atoms with Gasteiger partial charge in [-0.05, 0) is 38.5 Å². The Morgan fingerprint density at radius 1 is 1.17 bits per heavy atom. The fraction of sp³-hybridized carbons (Fsp3) is 0.353. The lowest BCUT2D eigenvalue weighted by Gasteiger charge is -2.25. The highest BCUT2D eigenvalue weighted by atomic mass is 19.4. The van der Waals surface area contributed by atoms with Crippen LogP contribution < -0.4 is 5.32 Å². The standard InChI is InChI=1S/C17H18F3N3O/c1-11-21-8-7-14(23-11)10-22-15(24)16(2,3)12-5-4-6-13(9-12)17(18,19)20/h4-9H,10H2,1-3H3,(H,22,24). The van der Waals surface area contributed by atoms with Gasteiger partial charge >= 0.3 is 6.18 Å². The van der Waals surface area contributed by atoms with Crippen LogP contribution in [0.5, 0.6) is 0 Å². The van der Waals surface area contributed by atoms with Crippen molar-refractivity contribution in [3.05, 3.63) is 59.2 Å². The minimum absolute atomic E-state index is 0.185. The Kier molecular flexibility index (Phi) is 4.91. The number of carbonyl (C=O) groups is 1. The number of nitrogens with one attached hydrogen (secondary N) is 1. The summed E-state index contributed by atoms with van der Waals surface area (Å²) in [5.74, 6) is 0.206. The molecular weight excluding hydrogens is 319 g/mol. The number of hydrogen-bond donors (Lipinski definition) is 1. The highest BCUT2D eigenvalue weighted by Gasteiger charge is 2.34. The normalized spacial score (nSPS) is 12.1. The molecule has 0 radical (unpaired) electrons. The molecule has 0 unspecified atom stereocenters. The van der Waals surface area contributed by atoms with Gasteiger partial charge in [0.2, 0.25) is 5.91 Å². The summed E-state index contributed by atoms with van der Waals surface area (Å²) >= 11 is 0. The van der Waals surface area contributed by atoms with Crippen LogP contribution in [0.3, 0.4) is 0 Å². The fourth-order valence-electron chi connectivity index (χ4n) is 2.21. The van der Waals surface area contributed by atoms with Crippen LogP contribution in [0, 0.1) is 6.92 Å². The van der Waals surface area contributed by atoms with Gasteiger partial charge in [-0.15, -0.1) is 0 Å². The van der Waals surface area contributed by atoms with Gasteiger partial charge in [0.05, 0.1) is 23.2 Å². The largest absolute Gasteiger partial charge is 0.416 e. The van der Waals surface area contributed by atoms with Crippen molar-refractivity contribution < 1.29 is 18.0 Å². The maximum absolute atomic E-state index is 12.8. The number of alkyl halides is 3. The van der Waals surface area contributed by atoms with E-state index in [-0.39, 0.29) is 12.5 Å². The number of nitrogens with zero attached hydrogens (tertiary/aromatic N) is 2. The first-order valence-corrected chi connectivity index (χ1v) is 7.35. The number of hydrogen-bond acceptors (Lipinski definition) is 3. The molecule has 24 heavy (non-hydrogen) atoms. The molecule has 0 atom stereocenters. The van der Waals surface area contributed by atoms with Gasteiger partial charge in [-0.1, -0.05) is 18.2 Å². The first kappa shape index (κ1) is 17.9. The Morgan fingerprint density at radius 2 is 1.83 bits per heavy atom. The van der Waals surface area contributed by atoms with Crippen molar-refractivity contribution in [1.82, 2.24) is 15.3 Å². The molecule has 1 amide bonds. The second-order valence-electron chi connectivity index (χ2n) is 5.98. The molecule has 7 heteroatoms. The molecule has 1 aromatic carbocycles. The summed E-state index contributed by atoms with van der Waals surface area (Å²) in [5.41, 5.74) is -0.944. The van der Waals surface area contributed by atoms with Crippen LogP contribution in [0.4, 0.5) is 13.2 Å². The van der Waals surface area contributed by atoms with Gasteiger partial charge in [-0.2, -0.15) is 13.2 Å². The van der Waals surface area contributed by atoms with Crippen molar-refractivity contribution in [3.63, 3.8) is 0 Å². The maximum Gasteiger partial charge on any atom is 0.416 e. The van der Waals surface area contributed by atoms with Gasteiger partial charge < -0.3 is 5.32 Å². The monoisotopic (exact) mass is 337 g/mol. The summed E-state index contributed by atoms with van der Waals surface area (Å²) in [5, 5.41) is 2.71. The number of carbonyl (C=O) groups excluding carboxylic acids is 1. The number of aryl methyl sites for hydroxylation is 1. The Hall–Kier alpha value is -2.44. The zero-order valence-corrected chi connectivity index (χ0v) is 13.6. The molecule has 0 spiro atoms. The molecule has 0 saturated heterocycles. The van der Waals surface area contributed by atoms with Crippen molar-refractivity contribution in [2.45, 2.75) is 38.9 Å². The van der Waals surface area contributed by atoms with Gasteiger partial charge in [-0.3, -0.25) is 4.79 Å². The predicted octanol–water partition coefficient (Wildman–Crippen LogP) is 3.40. The third-order valence-electron chi connectivity index (χ3n) is 3.74. The highest BCUT2D eigenvalue weighted by Crippen LogP contribution is 2.32. The second kappa shape index (κ2) is 6.59. The Morgan fingerprint density at radius 3 is 2.46 bits per heavy atom. The number of rotatable bonds is 4. The van der Waals surface area contributed by atoms with E-state index in [1.165, 1.54) is 12.1 Å². The number of aromatic nitrogens is 2. The van der Waals surface area contributed by atoms with Crippen LogP contribution in [-0.2, 0) is 22.9 Å². The summed E-state index contributed by atoms with van der Waals surface area (Å²) in [6.07, 6.45) is -2.86. The van der Waals surface area contributed by atoms with Gasteiger partial charge in [0.1, 0.15) is 5.82 Å². The molecule has 4 nitrogen and oxygen atoms in total. The molecular formula is C17H18F3N3O. The fourth-order valence-corrected chi connectivity index (χ4v) is 2.21. The molecule has 1 aromatic heterocycles. The van der Waals surface area contributed by atoms with E-state index < -0.39 is 17.2 Å². The summed E-state index contributed by atoms with van der Waals surface area (Å²) in [6, 6.07) is 6.49. The van der Waals surface area contributed by atoms with Gasteiger partial charge in [0.25, 0.3) is 0 Å². The molecule has 0 aliphatic carbocycles. The average molecular weight is 337 g/mol. The molecule has 0 fully saturated rings. The van der Waals surface area contributed by atoms with Crippen molar-refractivity contribution in [2.24, 2.45) is 0 Å². The van der Waals surface area contributed by atoms with E-state index >= 15 is 0 Å². The van der Waals surface area contributed by atoms with E-state index in [4.69, 9.17) is 0 Å². The molecule has 0 aliphatic heterocycles. The number of halogens is 3. The third kappa shape index (κ3) is 4.10. The van der Waals surface area contributed by atoms with E-state index in [0.29, 0.717) is 17.1 Å². The van der Waals surface area contributed by atoms with E-state index in [0.717, 1.165) is 12.1 Å². The Bertz CT molecular complexity index is 742. The van der Waals surface area contributed by atoms with Crippen LogP contribution in [0.15, 0.2) is 36.5 Å². The minimum atomic E-state index is -4.44. The number of benzene rings is 1. The summed E-state index contributed by atoms with van der Waals surface area (Å²) in [4.78, 5) is 20.6.